The van der Waals surface area contributed by atoms with Gasteiger partial charge in [-0.25, -0.2) is 0 Å². The van der Waals surface area contributed by atoms with E-state index in [2.05, 4.69) is 10.2 Å². The van der Waals surface area contributed by atoms with Crippen LogP contribution in [0.1, 0.15) is 29.8 Å². The number of likely N-dealkylation sites (tertiary alicyclic amines) is 1. The highest BCUT2D eigenvalue weighted by Gasteiger charge is 2.25. The van der Waals surface area contributed by atoms with Gasteiger partial charge in [-0.3, -0.25) is 9.89 Å². The van der Waals surface area contributed by atoms with Crippen LogP contribution in [0, 0.1) is 0 Å². The molecule has 1 aliphatic heterocycles. The average molecular weight is 329 g/mol. The van der Waals surface area contributed by atoms with E-state index >= 15 is 0 Å². The van der Waals surface area contributed by atoms with Crippen LogP contribution in [-0.4, -0.2) is 58.5 Å². The zero-order chi connectivity index (χ0) is 16.8. The molecule has 1 aliphatic rings. The molecule has 0 aliphatic carbocycles. The number of aliphatic hydroxyl groups excluding tert-OH is 1. The minimum Gasteiger partial charge on any atom is -0.396 e. The summed E-state index contributed by atoms with van der Waals surface area (Å²) in [5.41, 5.74) is 2.29. The Morgan fingerprint density at radius 3 is 2.75 bits per heavy atom. The van der Waals surface area contributed by atoms with Crippen molar-refractivity contribution in [3.8, 4) is 11.3 Å². The van der Waals surface area contributed by atoms with Crippen LogP contribution in [0.15, 0.2) is 36.4 Å². The van der Waals surface area contributed by atoms with E-state index in [9.17, 15) is 4.79 Å². The number of aliphatic hydroxyl groups is 1. The number of hydrogen-bond acceptors (Lipinski definition) is 4. The van der Waals surface area contributed by atoms with Crippen LogP contribution >= 0.6 is 0 Å². The number of aromatic nitrogens is 2. The number of nitrogens with one attached hydrogen (secondary N) is 1. The number of H-pyrrole nitrogens is 1. The fraction of sp³-hybridized carbons (Fsp3) is 0.444. The van der Waals surface area contributed by atoms with Crippen LogP contribution in [0.25, 0.3) is 11.3 Å². The van der Waals surface area contributed by atoms with Crippen molar-refractivity contribution < 1.29 is 14.6 Å². The molecular weight excluding hydrogens is 306 g/mol. The van der Waals surface area contributed by atoms with Crippen LogP contribution in [0.4, 0.5) is 0 Å². The van der Waals surface area contributed by atoms with Crippen molar-refractivity contribution in [1.82, 2.24) is 15.1 Å². The molecule has 1 amide bonds. The number of piperidine rings is 1. The van der Waals surface area contributed by atoms with Gasteiger partial charge in [0.1, 0.15) is 5.69 Å². The van der Waals surface area contributed by atoms with Gasteiger partial charge in [0.15, 0.2) is 0 Å². The zero-order valence-electron chi connectivity index (χ0n) is 13.6. The second kappa shape index (κ2) is 8.08. The number of benzene rings is 1. The minimum absolute atomic E-state index is 0.0153. The van der Waals surface area contributed by atoms with Gasteiger partial charge in [-0.1, -0.05) is 30.3 Å². The summed E-state index contributed by atoms with van der Waals surface area (Å²) in [4.78, 5) is 14.4. The topological polar surface area (TPSA) is 78.5 Å². The van der Waals surface area contributed by atoms with E-state index in [1.165, 1.54) is 0 Å². The number of hydrogen-bond donors (Lipinski definition) is 2. The Balaban J connectivity index is 1.55. The monoisotopic (exact) mass is 329 g/mol. The maximum atomic E-state index is 12.6. The van der Waals surface area contributed by atoms with Gasteiger partial charge < -0.3 is 14.7 Å². The fourth-order valence-electron chi connectivity index (χ4n) is 2.90. The first-order chi connectivity index (χ1) is 11.8. The molecule has 3 rings (SSSR count). The summed E-state index contributed by atoms with van der Waals surface area (Å²) >= 11 is 0. The second-order valence-electron chi connectivity index (χ2n) is 5.97. The largest absolute Gasteiger partial charge is 0.396 e. The quantitative estimate of drug-likeness (QED) is 0.795. The van der Waals surface area contributed by atoms with Gasteiger partial charge in [0.25, 0.3) is 5.91 Å². The van der Waals surface area contributed by atoms with Gasteiger partial charge in [0.2, 0.25) is 0 Å². The SMILES string of the molecule is O=C(c1cc(-c2ccccc2)n[nH]1)N1CCC(OCCCO)CC1. The second-order valence-corrected chi connectivity index (χ2v) is 5.97. The molecule has 0 saturated carbocycles. The van der Waals surface area contributed by atoms with Crippen LogP contribution in [0.5, 0.6) is 0 Å². The Morgan fingerprint density at radius 2 is 2.04 bits per heavy atom. The van der Waals surface area contributed by atoms with Gasteiger partial charge in [-0.15, -0.1) is 0 Å². The number of carbonyl (C=O) groups is 1. The molecule has 6 nitrogen and oxygen atoms in total. The van der Waals surface area contributed by atoms with Crippen molar-refractivity contribution >= 4 is 5.91 Å². The molecule has 24 heavy (non-hydrogen) atoms. The van der Waals surface area contributed by atoms with E-state index in [1.54, 1.807) is 0 Å². The normalized spacial score (nSPS) is 15.6. The lowest BCUT2D eigenvalue weighted by atomic mass is 10.1. The lowest BCUT2D eigenvalue weighted by molar-refractivity contribution is 0.00384. The van der Waals surface area contributed by atoms with Crippen molar-refractivity contribution in [2.24, 2.45) is 0 Å². The predicted molar refractivity (Wildman–Crippen MR) is 90.6 cm³/mol. The van der Waals surface area contributed by atoms with E-state index < -0.39 is 0 Å². The zero-order valence-corrected chi connectivity index (χ0v) is 13.6. The van der Waals surface area contributed by atoms with Crippen LogP contribution in [-0.2, 0) is 4.74 Å². The number of amides is 1. The highest BCUT2D eigenvalue weighted by Crippen LogP contribution is 2.20. The molecule has 2 aromatic rings. The minimum atomic E-state index is -0.0153. The lowest BCUT2D eigenvalue weighted by Gasteiger charge is -2.31. The van der Waals surface area contributed by atoms with Gasteiger partial charge in [0, 0.05) is 31.9 Å². The average Bonchev–Trinajstić information content (AvgIpc) is 3.13. The smallest absolute Gasteiger partial charge is 0.271 e. The van der Waals surface area contributed by atoms with Gasteiger partial charge >= 0.3 is 0 Å². The molecule has 128 valence electrons. The van der Waals surface area contributed by atoms with Crippen molar-refractivity contribution in [2.45, 2.75) is 25.4 Å². The van der Waals surface area contributed by atoms with E-state index in [1.807, 2.05) is 41.3 Å². The first kappa shape index (κ1) is 16.7. The van der Waals surface area contributed by atoms with Crippen LogP contribution < -0.4 is 0 Å². The van der Waals surface area contributed by atoms with Crippen molar-refractivity contribution in [1.29, 1.82) is 0 Å². The first-order valence-corrected chi connectivity index (χ1v) is 8.40. The molecule has 1 aromatic carbocycles. The van der Waals surface area contributed by atoms with E-state index in [4.69, 9.17) is 9.84 Å². The Bertz CT molecular complexity index is 649. The molecule has 0 radical (unpaired) electrons. The third kappa shape index (κ3) is 4.01. The number of carbonyl (C=O) groups excluding carboxylic acids is 1. The van der Waals surface area contributed by atoms with Crippen molar-refractivity contribution in [2.75, 3.05) is 26.3 Å². The Morgan fingerprint density at radius 1 is 1.29 bits per heavy atom. The molecular formula is C18H23N3O3. The van der Waals surface area contributed by atoms with Crippen molar-refractivity contribution in [3.63, 3.8) is 0 Å². The van der Waals surface area contributed by atoms with E-state index in [0.717, 1.165) is 24.1 Å². The fourth-order valence-corrected chi connectivity index (χ4v) is 2.90. The van der Waals surface area contributed by atoms with Gasteiger partial charge in [-0.2, -0.15) is 5.10 Å². The molecule has 0 spiro atoms. The summed E-state index contributed by atoms with van der Waals surface area (Å²) in [5.74, 6) is -0.0153. The molecule has 0 atom stereocenters. The summed E-state index contributed by atoms with van der Waals surface area (Å²) in [7, 11) is 0. The lowest BCUT2D eigenvalue weighted by Crippen LogP contribution is -2.41. The molecule has 0 unspecified atom stereocenters. The maximum Gasteiger partial charge on any atom is 0.271 e. The highest BCUT2D eigenvalue weighted by molar-refractivity contribution is 5.93. The van der Waals surface area contributed by atoms with E-state index in [-0.39, 0.29) is 18.6 Å². The summed E-state index contributed by atoms with van der Waals surface area (Å²) in [6, 6.07) is 11.6. The molecule has 1 saturated heterocycles. The van der Waals surface area contributed by atoms with Gasteiger partial charge in [0.05, 0.1) is 11.8 Å². The van der Waals surface area contributed by atoms with E-state index in [0.29, 0.717) is 31.8 Å². The number of aromatic amines is 1. The third-order valence-electron chi connectivity index (χ3n) is 4.26. The summed E-state index contributed by atoms with van der Waals surface area (Å²) < 4.78 is 5.70. The molecule has 1 fully saturated rings. The Kier molecular flexibility index (Phi) is 5.61. The number of ether oxygens (including phenoxy) is 1. The third-order valence-corrected chi connectivity index (χ3v) is 4.26. The highest BCUT2D eigenvalue weighted by atomic mass is 16.5. The predicted octanol–water partition coefficient (Wildman–Crippen LogP) is 2.08. The first-order valence-electron chi connectivity index (χ1n) is 8.40. The number of nitrogens with zero attached hydrogens (tertiary/aromatic N) is 2. The summed E-state index contributed by atoms with van der Waals surface area (Å²) in [6.45, 7) is 2.10. The standard InChI is InChI=1S/C18H23N3O3/c22-11-4-12-24-15-7-9-21(10-8-15)18(23)17-13-16(19-20-17)14-5-2-1-3-6-14/h1-3,5-6,13,15,22H,4,7-12H2,(H,19,20). The summed E-state index contributed by atoms with van der Waals surface area (Å²) in [5, 5.41) is 15.9. The maximum absolute atomic E-state index is 12.6. The molecule has 0 bridgehead atoms. The van der Waals surface area contributed by atoms with Crippen LogP contribution in [0.3, 0.4) is 0 Å². The summed E-state index contributed by atoms with van der Waals surface area (Å²) in [6.07, 6.45) is 2.51. The molecule has 2 N–H and O–H groups in total. The molecule has 2 heterocycles. The van der Waals surface area contributed by atoms with Gasteiger partial charge in [-0.05, 0) is 25.3 Å². The van der Waals surface area contributed by atoms with Crippen molar-refractivity contribution in [3.05, 3.63) is 42.1 Å². The Hall–Kier alpha value is -2.18. The van der Waals surface area contributed by atoms with Crippen LogP contribution in [0.2, 0.25) is 0 Å². The number of rotatable bonds is 6. The Labute approximate surface area is 141 Å². The molecule has 6 heteroatoms. The molecule has 1 aromatic heterocycles.